The van der Waals surface area contributed by atoms with Gasteiger partial charge in [-0.1, -0.05) is 0 Å². The molecule has 1 aliphatic heterocycles. The van der Waals surface area contributed by atoms with Gasteiger partial charge in [-0.15, -0.1) is 24.0 Å². The molecule has 1 atom stereocenters. The van der Waals surface area contributed by atoms with Gasteiger partial charge >= 0.3 is 5.97 Å². The molecule has 2 N–H and O–H groups in total. The molecular weight excluding hydrogens is 401 g/mol. The fraction of sp³-hybridized carbons (Fsp3) is 0.857. The molecule has 5 nitrogen and oxygen atoms in total. The molecule has 1 unspecified atom stereocenters. The van der Waals surface area contributed by atoms with Crippen molar-refractivity contribution in [1.82, 2.24) is 10.6 Å². The number of hydrogen-bond donors (Lipinski definition) is 2. The van der Waals surface area contributed by atoms with Gasteiger partial charge in [-0.2, -0.15) is 11.8 Å². The van der Waals surface area contributed by atoms with Gasteiger partial charge < -0.3 is 15.4 Å². The van der Waals surface area contributed by atoms with E-state index in [1.54, 1.807) is 0 Å². The first-order valence-corrected chi connectivity index (χ1v) is 8.31. The molecule has 1 fully saturated rings. The van der Waals surface area contributed by atoms with E-state index in [0.29, 0.717) is 11.2 Å². The van der Waals surface area contributed by atoms with E-state index >= 15 is 0 Å². The second kappa shape index (κ2) is 10.5. The number of ether oxygens (including phenoxy) is 1. The summed E-state index contributed by atoms with van der Waals surface area (Å²) in [6, 6.07) is 0. The van der Waals surface area contributed by atoms with Crippen LogP contribution in [0.15, 0.2) is 4.99 Å². The van der Waals surface area contributed by atoms with Gasteiger partial charge in [0.05, 0.1) is 0 Å². The molecule has 7 heteroatoms. The van der Waals surface area contributed by atoms with E-state index in [0.717, 1.165) is 13.1 Å². The standard InChI is InChI=1S/C14H27N3O2S.HI/c1-5-15-13(16-9-11-7-6-8-20-11)17-10-12(18)19-14(2,3)4;/h11H,5-10H2,1-4H3,(H2,15,16,17);1H. The lowest BCUT2D eigenvalue weighted by molar-refractivity contribution is -0.152. The Hall–Kier alpha value is -0.180. The molecule has 0 bridgehead atoms. The number of carbonyl (C=O) groups is 1. The predicted molar refractivity (Wildman–Crippen MR) is 101 cm³/mol. The molecule has 0 aromatic rings. The summed E-state index contributed by atoms with van der Waals surface area (Å²) in [7, 11) is 0. The van der Waals surface area contributed by atoms with E-state index in [-0.39, 0.29) is 36.5 Å². The number of halogens is 1. The van der Waals surface area contributed by atoms with Gasteiger partial charge in [-0.3, -0.25) is 4.79 Å². The molecule has 1 saturated heterocycles. The number of nitrogens with one attached hydrogen (secondary N) is 2. The Morgan fingerprint density at radius 2 is 2.10 bits per heavy atom. The van der Waals surface area contributed by atoms with Crippen LogP contribution in [-0.2, 0) is 9.53 Å². The summed E-state index contributed by atoms with van der Waals surface area (Å²) >= 11 is 2.00. The quantitative estimate of drug-likeness (QED) is 0.304. The van der Waals surface area contributed by atoms with Crippen molar-refractivity contribution >= 4 is 47.7 Å². The van der Waals surface area contributed by atoms with Crippen LogP contribution in [0.2, 0.25) is 0 Å². The Morgan fingerprint density at radius 1 is 1.38 bits per heavy atom. The van der Waals surface area contributed by atoms with Gasteiger partial charge in [-0.25, -0.2) is 4.99 Å². The Balaban J connectivity index is 0.00000400. The highest BCUT2D eigenvalue weighted by Gasteiger charge is 2.17. The third kappa shape index (κ3) is 10.2. The Bertz CT molecular complexity index is 340. The lowest BCUT2D eigenvalue weighted by Gasteiger charge is -2.19. The lowest BCUT2D eigenvalue weighted by atomic mass is 10.2. The number of carbonyl (C=O) groups excluding carboxylic acids is 1. The highest BCUT2D eigenvalue weighted by Crippen LogP contribution is 2.25. The molecule has 1 rings (SSSR count). The van der Waals surface area contributed by atoms with Crippen LogP contribution in [0.1, 0.15) is 40.5 Å². The van der Waals surface area contributed by atoms with Crippen LogP contribution in [0.5, 0.6) is 0 Å². The number of aliphatic imine (C=N–C) groups is 1. The van der Waals surface area contributed by atoms with Gasteiger partial charge in [0.2, 0.25) is 0 Å². The molecule has 0 aromatic heterocycles. The van der Waals surface area contributed by atoms with E-state index in [1.807, 2.05) is 39.5 Å². The van der Waals surface area contributed by atoms with Crippen LogP contribution < -0.4 is 10.6 Å². The maximum absolute atomic E-state index is 11.6. The number of thioether (sulfide) groups is 1. The summed E-state index contributed by atoms with van der Waals surface area (Å²) in [4.78, 5) is 15.9. The van der Waals surface area contributed by atoms with Crippen molar-refractivity contribution < 1.29 is 9.53 Å². The largest absolute Gasteiger partial charge is 0.459 e. The summed E-state index contributed by atoms with van der Waals surface area (Å²) in [5.41, 5.74) is -0.459. The van der Waals surface area contributed by atoms with Crippen molar-refractivity contribution in [2.24, 2.45) is 4.99 Å². The van der Waals surface area contributed by atoms with Gasteiger partial charge in [0.25, 0.3) is 0 Å². The molecule has 1 aliphatic rings. The van der Waals surface area contributed by atoms with Crippen LogP contribution in [0.3, 0.4) is 0 Å². The van der Waals surface area contributed by atoms with E-state index in [4.69, 9.17) is 4.74 Å². The maximum atomic E-state index is 11.6. The summed E-state index contributed by atoms with van der Waals surface area (Å²) in [6.45, 7) is 9.29. The van der Waals surface area contributed by atoms with Gasteiger partial charge in [0.1, 0.15) is 12.1 Å². The second-order valence-electron chi connectivity index (χ2n) is 5.80. The maximum Gasteiger partial charge on any atom is 0.328 e. The zero-order chi connectivity index (χ0) is 15.0. The SMILES string of the molecule is CCNC(=NCC(=O)OC(C)(C)C)NCC1CCCS1.I. The number of nitrogens with zero attached hydrogens (tertiary/aromatic N) is 1. The van der Waals surface area contributed by atoms with Crippen LogP contribution >= 0.6 is 35.7 Å². The van der Waals surface area contributed by atoms with Crippen molar-refractivity contribution in [3.8, 4) is 0 Å². The van der Waals surface area contributed by atoms with Crippen LogP contribution in [-0.4, -0.2) is 48.2 Å². The molecule has 0 radical (unpaired) electrons. The molecule has 0 aromatic carbocycles. The molecule has 1 heterocycles. The van der Waals surface area contributed by atoms with Crippen LogP contribution in [0.25, 0.3) is 0 Å². The number of esters is 1. The van der Waals surface area contributed by atoms with E-state index in [2.05, 4.69) is 15.6 Å². The van der Waals surface area contributed by atoms with Crippen molar-refractivity contribution in [1.29, 1.82) is 0 Å². The predicted octanol–water partition coefficient (Wildman–Crippen LogP) is 2.40. The Labute approximate surface area is 149 Å². The first-order valence-electron chi connectivity index (χ1n) is 7.26. The fourth-order valence-corrected chi connectivity index (χ4v) is 3.08. The summed E-state index contributed by atoms with van der Waals surface area (Å²) in [5.74, 6) is 1.63. The highest BCUT2D eigenvalue weighted by atomic mass is 127. The zero-order valence-electron chi connectivity index (χ0n) is 13.4. The summed E-state index contributed by atoms with van der Waals surface area (Å²) in [6.07, 6.45) is 2.55. The molecule has 0 amide bonds. The van der Waals surface area contributed by atoms with Gasteiger partial charge in [0.15, 0.2) is 5.96 Å². The summed E-state index contributed by atoms with van der Waals surface area (Å²) < 4.78 is 5.24. The lowest BCUT2D eigenvalue weighted by Crippen LogP contribution is -2.40. The average Bonchev–Trinajstić information content (AvgIpc) is 2.83. The number of hydrogen-bond acceptors (Lipinski definition) is 4. The van der Waals surface area contributed by atoms with Crippen LogP contribution in [0.4, 0.5) is 0 Å². The van der Waals surface area contributed by atoms with Gasteiger partial charge in [0, 0.05) is 18.3 Å². The Morgan fingerprint density at radius 3 is 2.62 bits per heavy atom. The monoisotopic (exact) mass is 429 g/mol. The van der Waals surface area contributed by atoms with Crippen molar-refractivity contribution in [2.75, 3.05) is 25.4 Å². The molecule has 124 valence electrons. The molecular formula is C14H28IN3O2S. The van der Waals surface area contributed by atoms with E-state index in [1.165, 1.54) is 18.6 Å². The van der Waals surface area contributed by atoms with Crippen molar-refractivity contribution in [3.63, 3.8) is 0 Å². The second-order valence-corrected chi connectivity index (χ2v) is 7.21. The Kier molecular flexibility index (Phi) is 10.4. The van der Waals surface area contributed by atoms with Crippen molar-refractivity contribution in [3.05, 3.63) is 0 Å². The molecule has 0 saturated carbocycles. The normalized spacial score (nSPS) is 18.9. The van der Waals surface area contributed by atoms with Crippen LogP contribution in [0, 0.1) is 0 Å². The first-order chi connectivity index (χ1) is 9.40. The van der Waals surface area contributed by atoms with E-state index in [9.17, 15) is 4.79 Å². The van der Waals surface area contributed by atoms with E-state index < -0.39 is 5.60 Å². The zero-order valence-corrected chi connectivity index (χ0v) is 16.5. The average molecular weight is 429 g/mol. The van der Waals surface area contributed by atoms with Gasteiger partial charge in [-0.05, 0) is 46.3 Å². The first kappa shape index (κ1) is 20.8. The number of guanidine groups is 1. The summed E-state index contributed by atoms with van der Waals surface area (Å²) in [5, 5.41) is 7.09. The smallest absolute Gasteiger partial charge is 0.328 e. The molecule has 21 heavy (non-hydrogen) atoms. The minimum Gasteiger partial charge on any atom is -0.459 e. The third-order valence-electron chi connectivity index (χ3n) is 2.65. The third-order valence-corrected chi connectivity index (χ3v) is 4.05. The minimum absolute atomic E-state index is 0. The van der Waals surface area contributed by atoms with Crippen molar-refractivity contribution in [2.45, 2.75) is 51.4 Å². The molecule has 0 spiro atoms. The number of rotatable bonds is 5. The fourth-order valence-electron chi connectivity index (χ4n) is 1.87. The highest BCUT2D eigenvalue weighted by molar-refractivity contribution is 14.0. The minimum atomic E-state index is -0.459. The molecule has 0 aliphatic carbocycles. The topological polar surface area (TPSA) is 62.7 Å².